The first-order valence-corrected chi connectivity index (χ1v) is 6.63. The maximum atomic E-state index is 5.30. The smallest absolute Gasteiger partial charge is 0.170 e. The maximum absolute atomic E-state index is 5.30. The van der Waals surface area contributed by atoms with E-state index in [1.54, 1.807) is 0 Å². The molecule has 0 saturated heterocycles. The summed E-state index contributed by atoms with van der Waals surface area (Å²) >= 11 is 5.30. The summed E-state index contributed by atoms with van der Waals surface area (Å²) < 4.78 is 0. The lowest BCUT2D eigenvalue weighted by molar-refractivity contribution is 0.358. The van der Waals surface area contributed by atoms with Gasteiger partial charge in [0, 0.05) is 12.2 Å². The van der Waals surface area contributed by atoms with E-state index in [4.69, 9.17) is 12.2 Å². The number of nitrogens with one attached hydrogen (secondary N) is 2. The van der Waals surface area contributed by atoms with Crippen molar-refractivity contribution in [3.8, 4) is 0 Å². The van der Waals surface area contributed by atoms with Gasteiger partial charge in [-0.1, -0.05) is 32.0 Å². The van der Waals surface area contributed by atoms with Crippen LogP contribution in [0, 0.1) is 11.3 Å². The molecule has 0 amide bonds. The average molecular weight is 248 g/mol. The molecule has 1 aromatic rings. The van der Waals surface area contributed by atoms with Gasteiger partial charge in [-0.15, -0.1) is 0 Å². The molecular formula is C14H20N2S. The van der Waals surface area contributed by atoms with E-state index in [9.17, 15) is 0 Å². The zero-order valence-corrected chi connectivity index (χ0v) is 11.3. The van der Waals surface area contributed by atoms with E-state index < -0.39 is 0 Å². The van der Waals surface area contributed by atoms with Gasteiger partial charge in [-0.05, 0) is 48.5 Å². The first-order valence-electron chi connectivity index (χ1n) is 6.22. The summed E-state index contributed by atoms with van der Waals surface area (Å²) in [6.07, 6.45) is 2.65. The van der Waals surface area contributed by atoms with E-state index in [2.05, 4.69) is 24.5 Å². The highest BCUT2D eigenvalue weighted by Gasteiger charge is 2.44. The lowest BCUT2D eigenvalue weighted by Crippen LogP contribution is -2.35. The van der Waals surface area contributed by atoms with Crippen molar-refractivity contribution in [2.45, 2.75) is 26.7 Å². The standard InChI is InChI=1S/C14H20N2S/c1-11(2)14(8-9-14)10-15-13(17)16-12-6-4-3-5-7-12/h3-7,11H,8-10H2,1-2H3,(H2,15,16,17). The lowest BCUT2D eigenvalue weighted by atomic mass is 9.92. The van der Waals surface area contributed by atoms with Crippen molar-refractivity contribution in [1.29, 1.82) is 0 Å². The molecule has 0 aliphatic heterocycles. The van der Waals surface area contributed by atoms with E-state index in [1.807, 2.05) is 30.3 Å². The lowest BCUT2D eigenvalue weighted by Gasteiger charge is -2.21. The van der Waals surface area contributed by atoms with Gasteiger partial charge in [-0.2, -0.15) is 0 Å². The van der Waals surface area contributed by atoms with E-state index in [-0.39, 0.29) is 0 Å². The van der Waals surface area contributed by atoms with Crippen molar-refractivity contribution < 1.29 is 0 Å². The van der Waals surface area contributed by atoms with Crippen molar-refractivity contribution in [2.75, 3.05) is 11.9 Å². The average Bonchev–Trinajstić information content (AvgIpc) is 3.09. The predicted molar refractivity (Wildman–Crippen MR) is 77.2 cm³/mol. The Morgan fingerprint density at radius 1 is 1.29 bits per heavy atom. The van der Waals surface area contributed by atoms with Crippen LogP contribution < -0.4 is 10.6 Å². The number of rotatable bonds is 4. The Kier molecular flexibility index (Phi) is 3.67. The molecule has 0 atom stereocenters. The van der Waals surface area contributed by atoms with Gasteiger partial charge in [-0.3, -0.25) is 0 Å². The van der Waals surface area contributed by atoms with Crippen LogP contribution in [0.15, 0.2) is 30.3 Å². The minimum Gasteiger partial charge on any atom is -0.362 e. The Hall–Kier alpha value is -1.09. The zero-order valence-electron chi connectivity index (χ0n) is 10.5. The summed E-state index contributed by atoms with van der Waals surface area (Å²) in [7, 11) is 0. The molecule has 2 rings (SSSR count). The van der Waals surface area contributed by atoms with Crippen LogP contribution in [0.1, 0.15) is 26.7 Å². The molecule has 0 bridgehead atoms. The van der Waals surface area contributed by atoms with Gasteiger partial charge in [-0.25, -0.2) is 0 Å². The Labute approximate surface area is 109 Å². The molecule has 1 fully saturated rings. The summed E-state index contributed by atoms with van der Waals surface area (Å²) in [4.78, 5) is 0. The minimum absolute atomic E-state index is 0.489. The Balaban J connectivity index is 1.79. The Morgan fingerprint density at radius 2 is 1.94 bits per heavy atom. The molecule has 0 unspecified atom stereocenters. The molecule has 2 N–H and O–H groups in total. The van der Waals surface area contributed by atoms with Gasteiger partial charge in [0.15, 0.2) is 5.11 Å². The van der Waals surface area contributed by atoms with Gasteiger partial charge in [0.2, 0.25) is 0 Å². The maximum Gasteiger partial charge on any atom is 0.170 e. The summed E-state index contributed by atoms with van der Waals surface area (Å²) in [6, 6.07) is 10.0. The van der Waals surface area contributed by atoms with Crippen LogP contribution in [-0.2, 0) is 0 Å². The molecule has 1 aliphatic carbocycles. The van der Waals surface area contributed by atoms with Crippen LogP contribution in [0.4, 0.5) is 5.69 Å². The number of benzene rings is 1. The third kappa shape index (κ3) is 3.19. The van der Waals surface area contributed by atoms with Gasteiger partial charge < -0.3 is 10.6 Å². The fourth-order valence-corrected chi connectivity index (χ4v) is 2.26. The monoisotopic (exact) mass is 248 g/mol. The van der Waals surface area contributed by atoms with E-state index in [1.165, 1.54) is 12.8 Å². The molecule has 1 aliphatic rings. The number of hydrogen-bond acceptors (Lipinski definition) is 1. The molecule has 0 spiro atoms. The second-order valence-corrected chi connectivity index (χ2v) is 5.60. The number of para-hydroxylation sites is 1. The second kappa shape index (κ2) is 5.05. The fraction of sp³-hybridized carbons (Fsp3) is 0.500. The minimum atomic E-state index is 0.489. The summed E-state index contributed by atoms with van der Waals surface area (Å²) in [5.41, 5.74) is 1.53. The quantitative estimate of drug-likeness (QED) is 0.799. The van der Waals surface area contributed by atoms with Crippen LogP contribution in [0.2, 0.25) is 0 Å². The van der Waals surface area contributed by atoms with Crippen molar-refractivity contribution in [3.63, 3.8) is 0 Å². The highest BCUT2D eigenvalue weighted by molar-refractivity contribution is 7.80. The molecule has 0 radical (unpaired) electrons. The normalized spacial score (nSPS) is 16.6. The number of thiocarbonyl (C=S) groups is 1. The van der Waals surface area contributed by atoms with Gasteiger partial charge in [0.1, 0.15) is 0 Å². The Morgan fingerprint density at radius 3 is 2.47 bits per heavy atom. The summed E-state index contributed by atoms with van der Waals surface area (Å²) in [5.74, 6) is 0.731. The van der Waals surface area contributed by atoms with Crippen LogP contribution in [0.25, 0.3) is 0 Å². The van der Waals surface area contributed by atoms with E-state index in [0.29, 0.717) is 5.41 Å². The van der Waals surface area contributed by atoms with Gasteiger partial charge in [0.25, 0.3) is 0 Å². The van der Waals surface area contributed by atoms with E-state index >= 15 is 0 Å². The third-order valence-electron chi connectivity index (χ3n) is 3.75. The fourth-order valence-electron chi connectivity index (χ4n) is 2.07. The zero-order chi connectivity index (χ0) is 12.3. The highest BCUT2D eigenvalue weighted by atomic mass is 32.1. The summed E-state index contributed by atoms with van der Waals surface area (Å²) in [5, 5.41) is 7.26. The molecule has 2 nitrogen and oxygen atoms in total. The van der Waals surface area contributed by atoms with Gasteiger partial charge >= 0.3 is 0 Å². The molecule has 1 aromatic carbocycles. The largest absolute Gasteiger partial charge is 0.362 e. The molecule has 17 heavy (non-hydrogen) atoms. The predicted octanol–water partition coefficient (Wildman–Crippen LogP) is 3.41. The first-order chi connectivity index (χ1) is 8.12. The van der Waals surface area contributed by atoms with Crippen LogP contribution in [0.5, 0.6) is 0 Å². The Bertz CT molecular complexity index is 382. The highest BCUT2D eigenvalue weighted by Crippen LogP contribution is 2.51. The van der Waals surface area contributed by atoms with Crippen molar-refractivity contribution in [2.24, 2.45) is 11.3 Å². The molecule has 92 valence electrons. The van der Waals surface area contributed by atoms with Crippen LogP contribution in [-0.4, -0.2) is 11.7 Å². The molecule has 1 saturated carbocycles. The number of anilines is 1. The topological polar surface area (TPSA) is 24.1 Å². The van der Waals surface area contributed by atoms with Crippen molar-refractivity contribution in [3.05, 3.63) is 30.3 Å². The second-order valence-electron chi connectivity index (χ2n) is 5.19. The molecule has 3 heteroatoms. The van der Waals surface area contributed by atoms with Crippen LogP contribution >= 0.6 is 12.2 Å². The molecular weight excluding hydrogens is 228 g/mol. The summed E-state index contributed by atoms with van der Waals surface area (Å²) in [6.45, 7) is 5.58. The third-order valence-corrected chi connectivity index (χ3v) is 4.00. The van der Waals surface area contributed by atoms with Crippen molar-refractivity contribution in [1.82, 2.24) is 5.32 Å². The van der Waals surface area contributed by atoms with Crippen LogP contribution in [0.3, 0.4) is 0 Å². The SMILES string of the molecule is CC(C)C1(CNC(=S)Nc2ccccc2)CC1. The van der Waals surface area contributed by atoms with Gasteiger partial charge in [0.05, 0.1) is 0 Å². The number of hydrogen-bond donors (Lipinski definition) is 2. The van der Waals surface area contributed by atoms with Crippen molar-refractivity contribution >= 4 is 23.0 Å². The van der Waals surface area contributed by atoms with E-state index in [0.717, 1.165) is 23.3 Å². The molecule has 0 heterocycles. The molecule has 0 aromatic heterocycles. The first kappa shape index (κ1) is 12.4.